The van der Waals surface area contributed by atoms with Gasteiger partial charge in [-0.3, -0.25) is 9.59 Å². The van der Waals surface area contributed by atoms with Crippen LogP contribution in [0.2, 0.25) is 0 Å². The minimum absolute atomic E-state index is 0.118. The Bertz CT molecular complexity index is 1140. The van der Waals surface area contributed by atoms with Crippen molar-refractivity contribution in [2.45, 2.75) is 26.2 Å². The number of furan rings is 1. The summed E-state index contributed by atoms with van der Waals surface area (Å²) in [6, 6.07) is 11.5. The van der Waals surface area contributed by atoms with E-state index in [2.05, 4.69) is 20.8 Å². The molecule has 2 amide bonds. The first-order chi connectivity index (χ1) is 14.5. The number of aryl methyl sites for hydroxylation is 1. The number of nitrogens with one attached hydrogen (secondary N) is 2. The Hall–Kier alpha value is -3.94. The van der Waals surface area contributed by atoms with Crippen LogP contribution in [0, 0.1) is 6.92 Å². The lowest BCUT2D eigenvalue weighted by Gasteiger charge is -2.13. The number of hydrazone groups is 1. The van der Waals surface area contributed by atoms with E-state index in [1.807, 2.05) is 0 Å². The van der Waals surface area contributed by atoms with Gasteiger partial charge in [0.1, 0.15) is 17.3 Å². The summed E-state index contributed by atoms with van der Waals surface area (Å²) in [6.45, 7) is 1.79. The van der Waals surface area contributed by atoms with Crippen LogP contribution >= 0.6 is 0 Å². The number of phenolic OH excluding ortho intramolecular Hbond substituents is 1. The third-order valence-corrected chi connectivity index (χ3v) is 4.88. The lowest BCUT2D eigenvalue weighted by atomic mass is 9.93. The first-order valence-electron chi connectivity index (χ1n) is 9.54. The lowest BCUT2D eigenvalue weighted by molar-refractivity contribution is 0.0950. The molecule has 0 aliphatic heterocycles. The molecule has 0 unspecified atom stereocenters. The lowest BCUT2D eigenvalue weighted by Crippen LogP contribution is -2.22. The van der Waals surface area contributed by atoms with Crippen LogP contribution in [0.3, 0.4) is 0 Å². The molecule has 0 radical (unpaired) electrons. The number of carbonyl (C=O) groups is 2. The molecule has 3 aromatic rings. The summed E-state index contributed by atoms with van der Waals surface area (Å²) >= 11 is 0. The number of phenols is 1. The van der Waals surface area contributed by atoms with Crippen LogP contribution < -0.4 is 10.7 Å². The normalized spacial score (nSPS) is 14.2. The highest BCUT2D eigenvalue weighted by Crippen LogP contribution is 2.30. The van der Waals surface area contributed by atoms with Crippen LogP contribution in [0.1, 0.15) is 50.6 Å². The summed E-state index contributed by atoms with van der Waals surface area (Å²) in [4.78, 5) is 29.1. The number of para-hydroxylation sites is 1. The van der Waals surface area contributed by atoms with Crippen LogP contribution in [0.5, 0.6) is 5.75 Å². The molecular formula is C22H20N4O4. The number of nitrogens with zero attached hydrogens (tertiary/aromatic N) is 2. The topological polar surface area (TPSA) is 117 Å². The maximum Gasteiger partial charge on any atom is 0.292 e. The van der Waals surface area contributed by atoms with Crippen molar-refractivity contribution in [1.29, 1.82) is 0 Å². The molecule has 0 spiro atoms. The third kappa shape index (κ3) is 3.80. The molecule has 1 aromatic carbocycles. The van der Waals surface area contributed by atoms with Crippen molar-refractivity contribution in [3.8, 4) is 5.75 Å². The number of benzene rings is 1. The van der Waals surface area contributed by atoms with Gasteiger partial charge in [0.2, 0.25) is 0 Å². The van der Waals surface area contributed by atoms with E-state index < -0.39 is 11.8 Å². The Morgan fingerprint density at radius 3 is 2.67 bits per heavy atom. The summed E-state index contributed by atoms with van der Waals surface area (Å²) in [5.74, 6) is 0.278. The molecule has 30 heavy (non-hydrogen) atoms. The number of fused-ring (bicyclic) bond motifs is 1. The molecule has 1 aliphatic carbocycles. The van der Waals surface area contributed by atoms with E-state index in [9.17, 15) is 14.7 Å². The van der Waals surface area contributed by atoms with Gasteiger partial charge in [-0.1, -0.05) is 18.2 Å². The molecule has 0 fully saturated rings. The molecule has 0 atom stereocenters. The standard InChI is InChI=1S/C22H20N4O4/c1-13-19-15(25-26-21(28)14-7-2-3-9-16(14)27)8-6-10-17(19)30-20(13)22(29)24-18-11-4-5-12-23-18/h2-5,7,9,11-12,27H,6,8,10H2,1H3,(H,26,28)(H,23,24,29)/b25-15+. The van der Waals surface area contributed by atoms with Gasteiger partial charge >= 0.3 is 0 Å². The summed E-state index contributed by atoms with van der Waals surface area (Å²) in [5.41, 5.74) is 4.67. The van der Waals surface area contributed by atoms with Crippen molar-refractivity contribution in [2.24, 2.45) is 5.10 Å². The zero-order valence-corrected chi connectivity index (χ0v) is 16.3. The second-order valence-electron chi connectivity index (χ2n) is 6.89. The van der Waals surface area contributed by atoms with Gasteiger partial charge < -0.3 is 14.8 Å². The first kappa shape index (κ1) is 19.4. The first-order valence-corrected chi connectivity index (χ1v) is 9.54. The highest BCUT2D eigenvalue weighted by Gasteiger charge is 2.28. The third-order valence-electron chi connectivity index (χ3n) is 4.88. The number of aromatic nitrogens is 1. The smallest absolute Gasteiger partial charge is 0.292 e. The van der Waals surface area contributed by atoms with Crippen LogP contribution in [0.15, 0.2) is 58.2 Å². The molecule has 152 valence electrons. The number of hydrogen-bond donors (Lipinski definition) is 3. The average molecular weight is 404 g/mol. The average Bonchev–Trinajstić information content (AvgIpc) is 3.10. The molecule has 2 aromatic heterocycles. The number of hydrogen-bond acceptors (Lipinski definition) is 6. The van der Waals surface area contributed by atoms with E-state index in [1.165, 1.54) is 12.1 Å². The number of rotatable bonds is 4. The second kappa shape index (κ2) is 8.20. The van der Waals surface area contributed by atoms with Crippen LogP contribution in [-0.2, 0) is 6.42 Å². The van der Waals surface area contributed by atoms with Gasteiger partial charge in [0, 0.05) is 23.7 Å². The quantitative estimate of drug-likeness (QED) is 0.576. The predicted octanol–water partition coefficient (Wildman–Crippen LogP) is 3.41. The molecular weight excluding hydrogens is 384 g/mol. The molecule has 1 aliphatic rings. The SMILES string of the molecule is Cc1c(C(=O)Nc2ccccn2)oc2c1/C(=N/NC(=O)c1ccccc1O)CCC2. The van der Waals surface area contributed by atoms with E-state index in [4.69, 9.17) is 4.42 Å². The van der Waals surface area contributed by atoms with Gasteiger partial charge in [-0.25, -0.2) is 10.4 Å². The van der Waals surface area contributed by atoms with Gasteiger partial charge in [0.05, 0.1) is 11.3 Å². The highest BCUT2D eigenvalue weighted by atomic mass is 16.4. The van der Waals surface area contributed by atoms with E-state index in [1.54, 1.807) is 43.5 Å². The molecule has 2 heterocycles. The van der Waals surface area contributed by atoms with Crippen molar-refractivity contribution in [3.63, 3.8) is 0 Å². The van der Waals surface area contributed by atoms with Crippen molar-refractivity contribution in [3.05, 3.63) is 76.9 Å². The molecule has 4 rings (SSSR count). The Kier molecular flexibility index (Phi) is 5.30. The van der Waals surface area contributed by atoms with Crippen LogP contribution in [0.4, 0.5) is 5.82 Å². The van der Waals surface area contributed by atoms with Crippen molar-refractivity contribution >= 4 is 23.3 Å². The van der Waals surface area contributed by atoms with Gasteiger partial charge in [-0.05, 0) is 44.0 Å². The molecule has 3 N–H and O–H groups in total. The van der Waals surface area contributed by atoms with Crippen LogP contribution in [0.25, 0.3) is 0 Å². The van der Waals surface area contributed by atoms with Crippen molar-refractivity contribution in [2.75, 3.05) is 5.32 Å². The zero-order chi connectivity index (χ0) is 21.1. The van der Waals surface area contributed by atoms with Gasteiger partial charge in [0.15, 0.2) is 5.76 Å². The fourth-order valence-corrected chi connectivity index (χ4v) is 3.45. The van der Waals surface area contributed by atoms with E-state index in [-0.39, 0.29) is 17.1 Å². The van der Waals surface area contributed by atoms with E-state index >= 15 is 0 Å². The van der Waals surface area contributed by atoms with Gasteiger partial charge in [-0.2, -0.15) is 5.10 Å². The summed E-state index contributed by atoms with van der Waals surface area (Å²) < 4.78 is 5.84. The Labute approximate surface area is 172 Å². The van der Waals surface area contributed by atoms with E-state index in [0.717, 1.165) is 12.0 Å². The Morgan fingerprint density at radius 2 is 1.90 bits per heavy atom. The Morgan fingerprint density at radius 1 is 1.10 bits per heavy atom. The molecule has 0 saturated heterocycles. The summed E-state index contributed by atoms with van der Waals surface area (Å²) in [6.07, 6.45) is 3.69. The fourth-order valence-electron chi connectivity index (χ4n) is 3.45. The number of anilines is 1. The monoisotopic (exact) mass is 404 g/mol. The van der Waals surface area contributed by atoms with Gasteiger partial charge in [-0.15, -0.1) is 0 Å². The summed E-state index contributed by atoms with van der Waals surface area (Å²) in [7, 11) is 0. The van der Waals surface area contributed by atoms with Crippen molar-refractivity contribution in [1.82, 2.24) is 10.4 Å². The number of pyridine rings is 1. The number of carbonyl (C=O) groups excluding carboxylic acids is 2. The van der Waals surface area contributed by atoms with Gasteiger partial charge in [0.25, 0.3) is 11.8 Å². The second-order valence-corrected chi connectivity index (χ2v) is 6.89. The predicted molar refractivity (Wildman–Crippen MR) is 111 cm³/mol. The maximum atomic E-state index is 12.7. The molecule has 8 heteroatoms. The zero-order valence-electron chi connectivity index (χ0n) is 16.3. The Balaban J connectivity index is 1.58. The number of amides is 2. The molecule has 0 saturated carbocycles. The minimum Gasteiger partial charge on any atom is -0.507 e. The fraction of sp³-hybridized carbons (Fsp3) is 0.182. The van der Waals surface area contributed by atoms with Crippen molar-refractivity contribution < 1.29 is 19.1 Å². The highest BCUT2D eigenvalue weighted by molar-refractivity contribution is 6.09. The largest absolute Gasteiger partial charge is 0.507 e. The van der Waals surface area contributed by atoms with Crippen LogP contribution in [-0.4, -0.2) is 27.6 Å². The number of aromatic hydroxyl groups is 1. The summed E-state index contributed by atoms with van der Waals surface area (Å²) in [5, 5.41) is 16.8. The maximum absolute atomic E-state index is 12.7. The van der Waals surface area contributed by atoms with E-state index in [0.29, 0.717) is 35.7 Å². The minimum atomic E-state index is -0.512. The molecule has 0 bridgehead atoms. The molecule has 8 nitrogen and oxygen atoms in total.